The molecule has 1 saturated heterocycles. The highest BCUT2D eigenvalue weighted by Crippen LogP contribution is 2.51. The number of carboxylic acids is 1. The number of fused-ring (bicyclic) bond motifs is 3. The van der Waals surface area contributed by atoms with Gasteiger partial charge in [0.05, 0.1) is 23.5 Å². The van der Waals surface area contributed by atoms with E-state index >= 15 is 0 Å². The zero-order chi connectivity index (χ0) is 38.5. The maximum Gasteiger partial charge on any atom is 0.434 e. The van der Waals surface area contributed by atoms with Gasteiger partial charge in [0, 0.05) is 61.9 Å². The van der Waals surface area contributed by atoms with Gasteiger partial charge in [-0.05, 0) is 61.1 Å². The van der Waals surface area contributed by atoms with E-state index < -0.39 is 40.7 Å². The molecular formula is C40H39F4N7O4. The van der Waals surface area contributed by atoms with Crippen molar-refractivity contribution >= 4 is 28.7 Å². The predicted octanol–water partition coefficient (Wildman–Crippen LogP) is 7.15. The molecule has 3 fully saturated rings. The molecule has 5 aromatic rings. The van der Waals surface area contributed by atoms with Gasteiger partial charge in [-0.15, -0.1) is 0 Å². The quantitative estimate of drug-likeness (QED) is 0.150. The van der Waals surface area contributed by atoms with Gasteiger partial charge < -0.3 is 24.6 Å². The molecule has 0 spiro atoms. The number of rotatable bonds is 9. The van der Waals surface area contributed by atoms with Crippen molar-refractivity contribution in [3.8, 4) is 17.1 Å². The number of alkyl halides is 3. The molecule has 15 heteroatoms. The number of aliphatic carboxylic acids is 1. The number of hydrogen-bond acceptors (Lipinski definition) is 8. The molecule has 8 rings (SSSR count). The van der Waals surface area contributed by atoms with Gasteiger partial charge in [0.1, 0.15) is 17.4 Å². The topological polar surface area (TPSA) is 135 Å². The Balaban J connectivity index is 1.10. The summed E-state index contributed by atoms with van der Waals surface area (Å²) in [6.07, 6.45) is 3.12. The minimum Gasteiger partial charge on any atom is -0.490 e. The summed E-state index contributed by atoms with van der Waals surface area (Å²) in [4.78, 5) is 44.6. The summed E-state index contributed by atoms with van der Waals surface area (Å²) in [6, 6.07) is 14.9. The summed E-state index contributed by atoms with van der Waals surface area (Å²) in [5.74, 6) is -2.17. The average molecular weight is 758 g/mol. The van der Waals surface area contributed by atoms with Crippen LogP contribution in [0.3, 0.4) is 0 Å². The number of carbonyl (C=O) groups excluding carboxylic acids is 1. The van der Waals surface area contributed by atoms with E-state index in [0.29, 0.717) is 73.5 Å². The van der Waals surface area contributed by atoms with Gasteiger partial charge in [-0.3, -0.25) is 4.79 Å². The van der Waals surface area contributed by atoms with Crippen LogP contribution in [0.5, 0.6) is 5.75 Å². The Morgan fingerprint density at radius 2 is 1.75 bits per heavy atom. The predicted molar refractivity (Wildman–Crippen MR) is 194 cm³/mol. The maximum absolute atomic E-state index is 14.7. The monoisotopic (exact) mass is 757 g/mol. The highest BCUT2D eigenvalue weighted by Gasteiger charge is 2.56. The summed E-state index contributed by atoms with van der Waals surface area (Å²) in [6.45, 7) is 3.63. The van der Waals surface area contributed by atoms with Crippen molar-refractivity contribution in [3.63, 3.8) is 0 Å². The molecule has 55 heavy (non-hydrogen) atoms. The molecule has 3 aromatic heterocycles. The molecule has 3 aliphatic rings. The Hall–Kier alpha value is -5.60. The number of hydrogen-bond donors (Lipinski definition) is 2. The number of anilines is 1. The van der Waals surface area contributed by atoms with E-state index in [4.69, 9.17) is 4.74 Å². The number of halogens is 4. The van der Waals surface area contributed by atoms with Gasteiger partial charge >= 0.3 is 12.1 Å². The largest absolute Gasteiger partial charge is 0.490 e. The van der Waals surface area contributed by atoms with Crippen LogP contribution in [0, 0.1) is 23.6 Å². The molecule has 2 saturated carbocycles. The fraction of sp³-hybridized carbons (Fsp3) is 0.400. The molecule has 4 heterocycles. The third-order valence-corrected chi connectivity index (χ3v) is 11.3. The molecule has 0 radical (unpaired) electrons. The number of piperidine rings is 1. The standard InChI is InChI=1S/C40H39F4N7O4/c1-23-13-25-15-26(14-23)39(17-25,37(53)54)49-36(52)31-20-45-35(48-34(31)40(42,43)44)32-22-51(21-24-5-3-2-4-6-24)33-16-29(7-8-30(32)33)55-28-9-11-50(12-10-28)38-46-18-27(41)19-47-38/h2-8,16,18-20,22-23,25-26,28H,9-15,17,21H2,1H3,(H,49,52)(H,53,54). The first kappa shape index (κ1) is 36.4. The third kappa shape index (κ3) is 7.19. The lowest BCUT2D eigenvalue weighted by Gasteiger charge is -2.33. The normalized spacial score (nSPS) is 22.9. The SMILES string of the molecule is CC1CC2CC(C1)C(NC(=O)c1cnc(-c3cn(Cc4ccccc4)c4cc(OC5CCN(c6ncc(F)cn6)CC5)ccc34)nc1C(F)(F)F)(C(=O)O)C2. The molecule has 2 bridgehead atoms. The van der Waals surface area contributed by atoms with Crippen LogP contribution < -0.4 is 15.0 Å². The molecule has 11 nitrogen and oxygen atoms in total. The van der Waals surface area contributed by atoms with E-state index in [0.717, 1.165) is 30.6 Å². The van der Waals surface area contributed by atoms with Crippen LogP contribution in [0.15, 0.2) is 73.3 Å². The smallest absolute Gasteiger partial charge is 0.434 e. The summed E-state index contributed by atoms with van der Waals surface area (Å²) < 4.78 is 65.8. The minimum absolute atomic E-state index is 0.0703. The van der Waals surface area contributed by atoms with E-state index in [-0.39, 0.29) is 36.1 Å². The highest BCUT2D eigenvalue weighted by atomic mass is 19.4. The van der Waals surface area contributed by atoms with Gasteiger partial charge in [-0.1, -0.05) is 37.3 Å². The van der Waals surface area contributed by atoms with E-state index in [2.05, 4.69) is 25.3 Å². The lowest BCUT2D eigenvalue weighted by molar-refractivity contribution is -0.146. The summed E-state index contributed by atoms with van der Waals surface area (Å²) in [5, 5.41) is 13.4. The first-order chi connectivity index (χ1) is 26.4. The molecule has 2 N–H and O–H groups in total. The van der Waals surface area contributed by atoms with Crippen molar-refractivity contribution in [1.82, 2.24) is 29.8 Å². The Morgan fingerprint density at radius 1 is 1.00 bits per heavy atom. The van der Waals surface area contributed by atoms with Crippen LogP contribution in [0.1, 0.15) is 67.1 Å². The Labute approximate surface area is 313 Å². The van der Waals surface area contributed by atoms with Crippen LogP contribution in [0.2, 0.25) is 0 Å². The fourth-order valence-corrected chi connectivity index (χ4v) is 8.84. The van der Waals surface area contributed by atoms with Crippen molar-refractivity contribution in [2.45, 2.75) is 69.8 Å². The van der Waals surface area contributed by atoms with E-state index in [9.17, 15) is 32.3 Å². The fourth-order valence-electron chi connectivity index (χ4n) is 8.84. The number of nitrogens with zero attached hydrogens (tertiary/aromatic N) is 6. The zero-order valence-electron chi connectivity index (χ0n) is 30.0. The van der Waals surface area contributed by atoms with Gasteiger partial charge in [0.25, 0.3) is 5.91 Å². The zero-order valence-corrected chi connectivity index (χ0v) is 30.0. The van der Waals surface area contributed by atoms with Crippen LogP contribution >= 0.6 is 0 Å². The number of amides is 1. The van der Waals surface area contributed by atoms with Crippen LogP contribution in [-0.2, 0) is 17.5 Å². The van der Waals surface area contributed by atoms with Gasteiger partial charge in [-0.2, -0.15) is 13.2 Å². The maximum atomic E-state index is 14.7. The number of aromatic nitrogens is 5. The second-order valence-electron chi connectivity index (χ2n) is 15.1. The second-order valence-corrected chi connectivity index (χ2v) is 15.1. The third-order valence-electron chi connectivity index (χ3n) is 11.3. The lowest BCUT2D eigenvalue weighted by Crippen LogP contribution is -2.57. The molecule has 286 valence electrons. The minimum atomic E-state index is -5.04. The second kappa shape index (κ2) is 14.2. The number of benzene rings is 2. The van der Waals surface area contributed by atoms with E-state index in [1.807, 2.05) is 52.8 Å². The van der Waals surface area contributed by atoms with Crippen molar-refractivity contribution in [3.05, 3.63) is 96.0 Å². The Bertz CT molecular complexity index is 2220. The van der Waals surface area contributed by atoms with Crippen LogP contribution in [0.4, 0.5) is 23.5 Å². The number of nitrogens with one attached hydrogen (secondary N) is 1. The lowest BCUT2D eigenvalue weighted by atomic mass is 9.78. The number of ether oxygens (including phenoxy) is 1. The number of carbonyl (C=O) groups is 2. The summed E-state index contributed by atoms with van der Waals surface area (Å²) in [5.41, 5.74) is -1.97. The van der Waals surface area contributed by atoms with Crippen molar-refractivity contribution in [2.75, 3.05) is 18.0 Å². The van der Waals surface area contributed by atoms with E-state index in [1.54, 1.807) is 18.3 Å². The average Bonchev–Trinajstić information content (AvgIpc) is 3.65. The number of carboxylic acid groups (broad SMARTS) is 1. The first-order valence-corrected chi connectivity index (χ1v) is 18.4. The first-order valence-electron chi connectivity index (χ1n) is 18.4. The molecule has 1 aliphatic heterocycles. The summed E-state index contributed by atoms with van der Waals surface area (Å²) >= 11 is 0. The van der Waals surface area contributed by atoms with Crippen molar-refractivity contribution in [2.24, 2.45) is 17.8 Å². The molecule has 2 aliphatic carbocycles. The van der Waals surface area contributed by atoms with Crippen molar-refractivity contribution in [1.29, 1.82) is 0 Å². The molecule has 4 atom stereocenters. The van der Waals surface area contributed by atoms with Crippen molar-refractivity contribution < 1.29 is 37.0 Å². The van der Waals surface area contributed by atoms with E-state index in [1.165, 1.54) is 0 Å². The van der Waals surface area contributed by atoms with Crippen LogP contribution in [-0.4, -0.2) is 66.2 Å². The van der Waals surface area contributed by atoms with Gasteiger partial charge in [-0.25, -0.2) is 29.1 Å². The Kier molecular flexibility index (Phi) is 9.42. The highest BCUT2D eigenvalue weighted by molar-refractivity contribution is 6.00. The molecular weight excluding hydrogens is 718 g/mol. The summed E-state index contributed by atoms with van der Waals surface area (Å²) in [7, 11) is 0. The molecule has 1 amide bonds. The molecule has 4 unspecified atom stereocenters. The van der Waals surface area contributed by atoms with Gasteiger partial charge in [0.2, 0.25) is 5.95 Å². The molecule has 2 aromatic carbocycles. The van der Waals surface area contributed by atoms with Gasteiger partial charge in [0.15, 0.2) is 17.3 Å². The Morgan fingerprint density at radius 3 is 2.45 bits per heavy atom. The van der Waals surface area contributed by atoms with Crippen LogP contribution in [0.25, 0.3) is 22.3 Å².